The van der Waals surface area contributed by atoms with Gasteiger partial charge < -0.3 is 10.1 Å². The van der Waals surface area contributed by atoms with Crippen LogP contribution < -0.4 is 10.1 Å². The summed E-state index contributed by atoms with van der Waals surface area (Å²) in [6, 6.07) is 21.2. The second-order valence-corrected chi connectivity index (χ2v) is 10.1. The van der Waals surface area contributed by atoms with Gasteiger partial charge in [0.1, 0.15) is 11.6 Å². The number of aliphatic imine (C=N–C) groups is 1. The largest absolute Gasteiger partial charge is 0.439 e. The Morgan fingerprint density at radius 2 is 1.53 bits per heavy atom. The minimum absolute atomic E-state index is 0.455. The minimum atomic E-state index is 0.455. The fourth-order valence-electron chi connectivity index (χ4n) is 5.25. The Morgan fingerprint density at radius 1 is 0.778 bits per heavy atom. The summed E-state index contributed by atoms with van der Waals surface area (Å²) in [5.41, 5.74) is 3.80. The summed E-state index contributed by atoms with van der Waals surface area (Å²) in [5, 5.41) is 3.35. The number of aromatic nitrogens is 2. The standard InChI is InChI=1S/C31H38N4O/c1-3-9-24(10-4-1)11-7-15-27-23-30(35-31(34-27)26-13-5-2-6-14-26)36-28-19-17-25(18-20-28)12-8-16-29-32-21-22-33-29/h1,3-4,9-10,17-20,23,26H,2,5-8,11-16,21-22H2,(H,32,33). The van der Waals surface area contributed by atoms with Crippen molar-refractivity contribution < 1.29 is 4.74 Å². The first-order valence-corrected chi connectivity index (χ1v) is 13.8. The molecular formula is C31H38N4O. The summed E-state index contributed by atoms with van der Waals surface area (Å²) < 4.78 is 6.28. The summed E-state index contributed by atoms with van der Waals surface area (Å²) in [6.07, 6.45) is 12.5. The number of aryl methyl sites for hydroxylation is 3. The SMILES string of the molecule is c1ccc(CCCc2cc(Oc3ccc(CCCC4=NCCN4)cc3)nc(C3CCCCC3)n2)cc1. The average molecular weight is 483 g/mol. The van der Waals surface area contributed by atoms with E-state index in [0.29, 0.717) is 11.8 Å². The molecule has 0 radical (unpaired) electrons. The van der Waals surface area contributed by atoms with Gasteiger partial charge in [-0.25, -0.2) is 4.98 Å². The first-order valence-electron chi connectivity index (χ1n) is 13.8. The summed E-state index contributed by atoms with van der Waals surface area (Å²) in [4.78, 5) is 14.4. The molecule has 1 aromatic heterocycles. The third-order valence-electron chi connectivity index (χ3n) is 7.25. The van der Waals surface area contributed by atoms with E-state index in [4.69, 9.17) is 14.7 Å². The molecule has 2 heterocycles. The zero-order chi connectivity index (χ0) is 24.4. The molecule has 0 spiro atoms. The van der Waals surface area contributed by atoms with Crippen molar-refractivity contribution in [2.24, 2.45) is 4.99 Å². The molecule has 0 atom stereocenters. The maximum Gasteiger partial charge on any atom is 0.222 e. The van der Waals surface area contributed by atoms with Crippen LogP contribution in [0.5, 0.6) is 11.6 Å². The lowest BCUT2D eigenvalue weighted by atomic mass is 9.88. The number of amidine groups is 1. The highest BCUT2D eigenvalue weighted by Gasteiger charge is 2.20. The van der Waals surface area contributed by atoms with E-state index in [2.05, 4.69) is 64.9 Å². The summed E-state index contributed by atoms with van der Waals surface area (Å²) in [7, 11) is 0. The first kappa shape index (κ1) is 24.5. The lowest BCUT2D eigenvalue weighted by Gasteiger charge is -2.21. The van der Waals surface area contributed by atoms with Crippen LogP contribution in [0.2, 0.25) is 0 Å². The molecule has 1 fully saturated rings. The Kier molecular flexibility index (Phi) is 8.61. The van der Waals surface area contributed by atoms with Gasteiger partial charge in [-0.15, -0.1) is 0 Å². The van der Waals surface area contributed by atoms with Crippen molar-refractivity contribution in [1.82, 2.24) is 15.3 Å². The number of hydrogen-bond donors (Lipinski definition) is 1. The molecule has 0 amide bonds. The molecule has 0 saturated heterocycles. The van der Waals surface area contributed by atoms with Gasteiger partial charge in [-0.05, 0) is 68.2 Å². The monoisotopic (exact) mass is 482 g/mol. The molecule has 3 aromatic rings. The summed E-state index contributed by atoms with van der Waals surface area (Å²) >= 11 is 0. The lowest BCUT2D eigenvalue weighted by molar-refractivity contribution is 0.412. The number of benzene rings is 2. The normalized spacial score (nSPS) is 15.9. The quantitative estimate of drug-likeness (QED) is 0.326. The topological polar surface area (TPSA) is 59.4 Å². The number of nitrogens with one attached hydrogen (secondary N) is 1. The van der Waals surface area contributed by atoms with E-state index in [1.165, 1.54) is 43.2 Å². The van der Waals surface area contributed by atoms with E-state index in [9.17, 15) is 0 Å². The fraction of sp³-hybridized carbons (Fsp3) is 0.452. The van der Waals surface area contributed by atoms with Crippen LogP contribution in [0.3, 0.4) is 0 Å². The van der Waals surface area contributed by atoms with Gasteiger partial charge in [0, 0.05) is 30.6 Å². The van der Waals surface area contributed by atoms with Crippen LogP contribution >= 0.6 is 0 Å². The molecule has 5 nitrogen and oxygen atoms in total. The van der Waals surface area contributed by atoms with Gasteiger partial charge in [0.2, 0.25) is 5.88 Å². The summed E-state index contributed by atoms with van der Waals surface area (Å²) in [6.45, 7) is 1.91. The molecule has 2 aromatic carbocycles. The molecule has 2 aliphatic rings. The zero-order valence-electron chi connectivity index (χ0n) is 21.3. The molecular weight excluding hydrogens is 444 g/mol. The van der Waals surface area contributed by atoms with Gasteiger partial charge >= 0.3 is 0 Å². The molecule has 1 aliphatic heterocycles. The van der Waals surface area contributed by atoms with Crippen LogP contribution in [-0.2, 0) is 19.3 Å². The third-order valence-corrected chi connectivity index (χ3v) is 7.25. The van der Waals surface area contributed by atoms with E-state index < -0.39 is 0 Å². The van der Waals surface area contributed by atoms with Crippen molar-refractivity contribution in [3.8, 4) is 11.6 Å². The van der Waals surface area contributed by atoms with Gasteiger partial charge in [0.25, 0.3) is 0 Å². The second kappa shape index (κ2) is 12.7. The van der Waals surface area contributed by atoms with Crippen LogP contribution in [0.4, 0.5) is 0 Å². The molecule has 0 unspecified atom stereocenters. The van der Waals surface area contributed by atoms with Crippen molar-refractivity contribution in [3.05, 3.63) is 83.3 Å². The van der Waals surface area contributed by atoms with E-state index in [1.54, 1.807) is 0 Å². The molecule has 36 heavy (non-hydrogen) atoms. The Morgan fingerprint density at radius 3 is 2.28 bits per heavy atom. The molecule has 0 bridgehead atoms. The van der Waals surface area contributed by atoms with Crippen molar-refractivity contribution >= 4 is 5.84 Å². The maximum atomic E-state index is 6.28. The summed E-state index contributed by atoms with van der Waals surface area (Å²) in [5.74, 6) is 4.10. The van der Waals surface area contributed by atoms with E-state index >= 15 is 0 Å². The predicted molar refractivity (Wildman–Crippen MR) is 146 cm³/mol. The third kappa shape index (κ3) is 7.16. The Balaban J connectivity index is 1.22. The Hall–Kier alpha value is -3.21. The number of ether oxygens (including phenoxy) is 1. The highest BCUT2D eigenvalue weighted by Crippen LogP contribution is 2.32. The zero-order valence-corrected chi connectivity index (χ0v) is 21.3. The molecule has 1 N–H and O–H groups in total. The van der Waals surface area contributed by atoms with Crippen molar-refractivity contribution in [2.75, 3.05) is 13.1 Å². The number of nitrogens with zero attached hydrogens (tertiary/aromatic N) is 3. The minimum Gasteiger partial charge on any atom is -0.439 e. The second-order valence-electron chi connectivity index (χ2n) is 10.1. The molecule has 1 saturated carbocycles. The molecule has 188 valence electrons. The van der Waals surface area contributed by atoms with E-state index in [0.717, 1.165) is 74.7 Å². The highest BCUT2D eigenvalue weighted by atomic mass is 16.5. The van der Waals surface area contributed by atoms with Crippen LogP contribution in [-0.4, -0.2) is 28.9 Å². The molecule has 1 aliphatic carbocycles. The van der Waals surface area contributed by atoms with Gasteiger partial charge in [-0.3, -0.25) is 4.99 Å². The van der Waals surface area contributed by atoms with Gasteiger partial charge in [-0.2, -0.15) is 4.98 Å². The number of rotatable bonds is 11. The van der Waals surface area contributed by atoms with E-state index in [-0.39, 0.29) is 0 Å². The van der Waals surface area contributed by atoms with Crippen LogP contribution in [0, 0.1) is 0 Å². The highest BCUT2D eigenvalue weighted by molar-refractivity contribution is 5.83. The smallest absolute Gasteiger partial charge is 0.222 e. The van der Waals surface area contributed by atoms with Crippen molar-refractivity contribution in [1.29, 1.82) is 0 Å². The first-order chi connectivity index (χ1) is 17.8. The van der Waals surface area contributed by atoms with Gasteiger partial charge in [0.05, 0.1) is 12.4 Å². The number of hydrogen-bond acceptors (Lipinski definition) is 5. The van der Waals surface area contributed by atoms with Gasteiger partial charge in [-0.1, -0.05) is 61.7 Å². The predicted octanol–water partition coefficient (Wildman–Crippen LogP) is 6.82. The van der Waals surface area contributed by atoms with Crippen molar-refractivity contribution in [2.45, 2.75) is 76.5 Å². The van der Waals surface area contributed by atoms with Crippen LogP contribution in [0.15, 0.2) is 65.7 Å². The Labute approximate surface area is 215 Å². The lowest BCUT2D eigenvalue weighted by Crippen LogP contribution is -2.18. The van der Waals surface area contributed by atoms with Gasteiger partial charge in [0.15, 0.2) is 0 Å². The maximum absolute atomic E-state index is 6.28. The van der Waals surface area contributed by atoms with Crippen LogP contribution in [0.25, 0.3) is 0 Å². The van der Waals surface area contributed by atoms with E-state index in [1.807, 2.05) is 6.07 Å². The molecule has 5 heteroatoms. The fourth-order valence-corrected chi connectivity index (χ4v) is 5.25. The average Bonchev–Trinajstić information content (AvgIpc) is 3.44. The van der Waals surface area contributed by atoms with Crippen LogP contribution in [0.1, 0.15) is 79.9 Å². The molecule has 5 rings (SSSR count). The Bertz CT molecular complexity index is 1120. The van der Waals surface area contributed by atoms with Crippen molar-refractivity contribution in [3.63, 3.8) is 0 Å².